The van der Waals surface area contributed by atoms with Gasteiger partial charge < -0.3 is 10.6 Å². The van der Waals surface area contributed by atoms with Crippen molar-refractivity contribution in [2.45, 2.75) is 19.1 Å². The maximum atomic E-state index is 12.8. The Labute approximate surface area is 144 Å². The fraction of sp³-hybridized carbons (Fsp3) is 0.222. The van der Waals surface area contributed by atoms with Gasteiger partial charge in [0.15, 0.2) is 0 Å². The Morgan fingerprint density at radius 1 is 1.00 bits per heavy atom. The van der Waals surface area contributed by atoms with E-state index in [0.717, 1.165) is 11.3 Å². The number of benzene rings is 2. The van der Waals surface area contributed by atoms with Crippen molar-refractivity contribution < 1.29 is 14.0 Å². The summed E-state index contributed by atoms with van der Waals surface area (Å²) >= 11 is 1.24. The van der Waals surface area contributed by atoms with Gasteiger partial charge in [-0.3, -0.25) is 9.59 Å². The number of aryl methyl sites for hydroxylation is 1. The van der Waals surface area contributed by atoms with Crippen molar-refractivity contribution in [2.24, 2.45) is 0 Å². The maximum absolute atomic E-state index is 12.8. The third-order valence-corrected chi connectivity index (χ3v) is 4.42. The zero-order chi connectivity index (χ0) is 17.5. The average Bonchev–Trinajstić information content (AvgIpc) is 2.57. The predicted molar refractivity (Wildman–Crippen MR) is 96.8 cm³/mol. The predicted octanol–water partition coefficient (Wildman–Crippen LogP) is 3.83. The Hall–Kier alpha value is -2.34. The molecule has 0 aliphatic heterocycles. The van der Waals surface area contributed by atoms with Gasteiger partial charge in [0.05, 0.1) is 11.0 Å². The van der Waals surface area contributed by atoms with Crippen LogP contribution in [0.2, 0.25) is 0 Å². The Morgan fingerprint density at radius 3 is 2.17 bits per heavy atom. The van der Waals surface area contributed by atoms with Gasteiger partial charge in [-0.1, -0.05) is 17.7 Å². The number of carbonyl (C=O) groups excluding carboxylic acids is 2. The highest BCUT2D eigenvalue weighted by atomic mass is 32.2. The van der Waals surface area contributed by atoms with Crippen molar-refractivity contribution in [1.29, 1.82) is 0 Å². The van der Waals surface area contributed by atoms with Gasteiger partial charge in [0.1, 0.15) is 5.82 Å². The number of thioether (sulfide) groups is 1. The Balaban J connectivity index is 1.77. The van der Waals surface area contributed by atoms with Crippen LogP contribution in [0.3, 0.4) is 0 Å². The highest BCUT2D eigenvalue weighted by Gasteiger charge is 2.15. The second kappa shape index (κ2) is 8.49. The van der Waals surface area contributed by atoms with Crippen LogP contribution in [-0.2, 0) is 9.59 Å². The number of amides is 2. The molecule has 0 bridgehead atoms. The second-order valence-corrected chi connectivity index (χ2v) is 6.69. The Kier molecular flexibility index (Phi) is 6.37. The topological polar surface area (TPSA) is 58.2 Å². The number of halogens is 1. The van der Waals surface area contributed by atoms with Gasteiger partial charge in [0.2, 0.25) is 11.8 Å². The lowest BCUT2D eigenvalue weighted by atomic mass is 10.2. The average molecular weight is 346 g/mol. The van der Waals surface area contributed by atoms with Crippen molar-refractivity contribution in [2.75, 3.05) is 16.4 Å². The van der Waals surface area contributed by atoms with Gasteiger partial charge in [0, 0.05) is 11.4 Å². The van der Waals surface area contributed by atoms with Gasteiger partial charge in [-0.25, -0.2) is 4.39 Å². The number of rotatable bonds is 6. The summed E-state index contributed by atoms with van der Waals surface area (Å²) in [7, 11) is 0. The molecule has 0 radical (unpaired) electrons. The lowest BCUT2D eigenvalue weighted by Gasteiger charge is -2.12. The molecule has 1 atom stereocenters. The van der Waals surface area contributed by atoms with Crippen LogP contribution in [-0.4, -0.2) is 22.8 Å². The summed E-state index contributed by atoms with van der Waals surface area (Å²) in [5.74, 6) is -0.575. The Bertz CT molecular complexity index is 702. The summed E-state index contributed by atoms with van der Waals surface area (Å²) in [6.45, 7) is 3.70. The van der Waals surface area contributed by atoms with E-state index in [1.54, 1.807) is 6.92 Å². The van der Waals surface area contributed by atoms with E-state index in [1.807, 2.05) is 31.2 Å². The number of hydrogen-bond acceptors (Lipinski definition) is 3. The normalized spacial score (nSPS) is 11.6. The van der Waals surface area contributed by atoms with Gasteiger partial charge in [0.25, 0.3) is 0 Å². The zero-order valence-electron chi connectivity index (χ0n) is 13.5. The molecule has 1 unspecified atom stereocenters. The summed E-state index contributed by atoms with van der Waals surface area (Å²) < 4.78 is 12.8. The molecule has 126 valence electrons. The molecular formula is C18H19FN2O2S. The van der Waals surface area contributed by atoms with Crippen LogP contribution in [0.5, 0.6) is 0 Å². The molecule has 2 N–H and O–H groups in total. The van der Waals surface area contributed by atoms with Crippen molar-refractivity contribution in [1.82, 2.24) is 0 Å². The fourth-order valence-corrected chi connectivity index (χ4v) is 2.57. The molecule has 0 saturated heterocycles. The molecule has 0 saturated carbocycles. The van der Waals surface area contributed by atoms with Gasteiger partial charge in [-0.15, -0.1) is 11.8 Å². The first-order valence-electron chi connectivity index (χ1n) is 7.48. The van der Waals surface area contributed by atoms with E-state index >= 15 is 0 Å². The van der Waals surface area contributed by atoms with E-state index in [2.05, 4.69) is 10.6 Å². The minimum Gasteiger partial charge on any atom is -0.325 e. The van der Waals surface area contributed by atoms with E-state index < -0.39 is 5.25 Å². The van der Waals surface area contributed by atoms with Gasteiger partial charge in [-0.05, 0) is 50.2 Å². The molecule has 2 amide bonds. The zero-order valence-corrected chi connectivity index (χ0v) is 14.3. The van der Waals surface area contributed by atoms with Gasteiger partial charge >= 0.3 is 0 Å². The molecular weight excluding hydrogens is 327 g/mol. The molecule has 6 heteroatoms. The second-order valence-electron chi connectivity index (χ2n) is 5.36. The molecule has 0 heterocycles. The quantitative estimate of drug-likeness (QED) is 0.836. The maximum Gasteiger partial charge on any atom is 0.237 e. The van der Waals surface area contributed by atoms with Crippen LogP contribution in [0, 0.1) is 12.7 Å². The van der Waals surface area contributed by atoms with Crippen molar-refractivity contribution in [3.05, 3.63) is 59.9 Å². The summed E-state index contributed by atoms with van der Waals surface area (Å²) in [5.41, 5.74) is 2.38. The van der Waals surface area contributed by atoms with Crippen LogP contribution in [0.1, 0.15) is 12.5 Å². The van der Waals surface area contributed by atoms with Crippen LogP contribution >= 0.6 is 11.8 Å². The van der Waals surface area contributed by atoms with E-state index in [-0.39, 0.29) is 23.4 Å². The number of anilines is 2. The monoisotopic (exact) mass is 346 g/mol. The minimum atomic E-state index is -0.404. The first kappa shape index (κ1) is 18.0. The largest absolute Gasteiger partial charge is 0.325 e. The standard InChI is InChI=1S/C18H19FN2O2S/c1-12-3-7-15(8-4-12)20-17(22)11-24-13(2)18(23)21-16-9-5-14(19)6-10-16/h3-10,13H,11H2,1-2H3,(H,20,22)(H,21,23). The molecule has 0 fully saturated rings. The first-order chi connectivity index (χ1) is 11.4. The molecule has 2 rings (SSSR count). The molecule has 2 aromatic carbocycles. The van der Waals surface area contributed by atoms with Crippen LogP contribution < -0.4 is 10.6 Å². The molecule has 4 nitrogen and oxygen atoms in total. The van der Waals surface area contributed by atoms with E-state index in [9.17, 15) is 14.0 Å². The fourth-order valence-electron chi connectivity index (χ4n) is 1.89. The molecule has 0 aliphatic rings. The summed E-state index contributed by atoms with van der Waals surface area (Å²) in [4.78, 5) is 24.0. The van der Waals surface area contributed by atoms with Crippen molar-refractivity contribution >= 4 is 35.0 Å². The lowest BCUT2D eigenvalue weighted by molar-refractivity contribution is -0.115. The third kappa shape index (κ3) is 5.70. The Morgan fingerprint density at radius 2 is 1.54 bits per heavy atom. The third-order valence-electron chi connectivity index (χ3n) is 3.28. The van der Waals surface area contributed by atoms with E-state index in [1.165, 1.54) is 36.0 Å². The molecule has 2 aromatic rings. The first-order valence-corrected chi connectivity index (χ1v) is 8.53. The summed E-state index contributed by atoms with van der Waals surface area (Å²) in [6, 6.07) is 13.1. The number of hydrogen-bond donors (Lipinski definition) is 2. The van der Waals surface area contributed by atoms with Gasteiger partial charge in [-0.2, -0.15) is 0 Å². The van der Waals surface area contributed by atoms with Crippen LogP contribution in [0.15, 0.2) is 48.5 Å². The van der Waals surface area contributed by atoms with Crippen LogP contribution in [0.4, 0.5) is 15.8 Å². The van der Waals surface area contributed by atoms with E-state index in [0.29, 0.717) is 5.69 Å². The summed E-state index contributed by atoms with van der Waals surface area (Å²) in [6.07, 6.45) is 0. The SMILES string of the molecule is Cc1ccc(NC(=O)CSC(C)C(=O)Nc2ccc(F)cc2)cc1. The number of carbonyl (C=O) groups is 2. The number of nitrogens with one attached hydrogen (secondary N) is 2. The van der Waals surface area contributed by atoms with Crippen molar-refractivity contribution in [3.63, 3.8) is 0 Å². The smallest absolute Gasteiger partial charge is 0.237 e. The molecule has 0 aromatic heterocycles. The summed E-state index contributed by atoms with van der Waals surface area (Å²) in [5, 5.41) is 5.07. The highest BCUT2D eigenvalue weighted by molar-refractivity contribution is 8.01. The molecule has 0 aliphatic carbocycles. The van der Waals surface area contributed by atoms with E-state index in [4.69, 9.17) is 0 Å². The molecule has 0 spiro atoms. The van der Waals surface area contributed by atoms with Crippen molar-refractivity contribution in [3.8, 4) is 0 Å². The highest BCUT2D eigenvalue weighted by Crippen LogP contribution is 2.16. The molecule has 24 heavy (non-hydrogen) atoms. The lowest BCUT2D eigenvalue weighted by Crippen LogP contribution is -2.25. The minimum absolute atomic E-state index is 0.162. The van der Waals surface area contributed by atoms with Crippen LogP contribution in [0.25, 0.3) is 0 Å².